The fourth-order valence-electron chi connectivity index (χ4n) is 2.10. The van der Waals surface area contributed by atoms with Gasteiger partial charge < -0.3 is 10.1 Å². The van der Waals surface area contributed by atoms with Gasteiger partial charge in [0.25, 0.3) is 5.69 Å². The highest BCUT2D eigenvalue weighted by Crippen LogP contribution is 2.17. The minimum atomic E-state index is -0.376. The van der Waals surface area contributed by atoms with Crippen LogP contribution in [0.4, 0.5) is 5.69 Å². The molecule has 1 unspecified atom stereocenters. The molecular weight excluding hydrogens is 232 g/mol. The predicted molar refractivity (Wildman–Crippen MR) is 68.6 cm³/mol. The summed E-state index contributed by atoms with van der Waals surface area (Å²) in [4.78, 5) is 10.1. The van der Waals surface area contributed by atoms with Gasteiger partial charge in [0.2, 0.25) is 0 Å². The van der Waals surface area contributed by atoms with E-state index in [0.717, 1.165) is 38.2 Å². The Morgan fingerprint density at radius 2 is 2.17 bits per heavy atom. The Morgan fingerprint density at radius 1 is 1.44 bits per heavy atom. The van der Waals surface area contributed by atoms with Crippen LogP contribution in [0.5, 0.6) is 0 Å². The molecule has 0 aromatic heterocycles. The van der Waals surface area contributed by atoms with Gasteiger partial charge in [-0.2, -0.15) is 0 Å². The van der Waals surface area contributed by atoms with Gasteiger partial charge in [-0.05, 0) is 31.9 Å². The van der Waals surface area contributed by atoms with Crippen LogP contribution in [0.15, 0.2) is 24.3 Å². The summed E-state index contributed by atoms with van der Waals surface area (Å²) in [5.74, 6) is 0. The summed E-state index contributed by atoms with van der Waals surface area (Å²) in [6.07, 6.45) is 1.90. The largest absolute Gasteiger partial charge is 0.379 e. The number of nitrogens with one attached hydrogen (secondary N) is 1. The van der Waals surface area contributed by atoms with Crippen molar-refractivity contribution in [3.8, 4) is 0 Å². The van der Waals surface area contributed by atoms with Gasteiger partial charge in [-0.25, -0.2) is 0 Å². The standard InChI is InChI=1S/C13H18N2O3/c1-13(7-9-18-10-13)14-8-6-11-2-4-12(5-3-11)15(16)17/h2-5,14H,6-10H2,1H3. The maximum atomic E-state index is 10.5. The monoisotopic (exact) mass is 250 g/mol. The summed E-state index contributed by atoms with van der Waals surface area (Å²) in [5, 5.41) is 14.0. The lowest BCUT2D eigenvalue weighted by Gasteiger charge is -2.23. The first-order valence-electron chi connectivity index (χ1n) is 6.15. The van der Waals surface area contributed by atoms with Gasteiger partial charge >= 0.3 is 0 Å². The third kappa shape index (κ3) is 3.27. The van der Waals surface area contributed by atoms with Gasteiger partial charge in [-0.1, -0.05) is 12.1 Å². The SMILES string of the molecule is CC1(NCCc2ccc([N+](=O)[O-])cc2)CCOC1. The van der Waals surface area contributed by atoms with Crippen molar-refractivity contribution >= 4 is 5.69 Å². The summed E-state index contributed by atoms with van der Waals surface area (Å²) in [5.41, 5.74) is 1.33. The third-order valence-electron chi connectivity index (χ3n) is 3.33. The van der Waals surface area contributed by atoms with Gasteiger partial charge in [0.1, 0.15) is 0 Å². The van der Waals surface area contributed by atoms with Crippen molar-refractivity contribution in [2.45, 2.75) is 25.3 Å². The molecule has 0 spiro atoms. The molecule has 18 heavy (non-hydrogen) atoms. The molecule has 1 N–H and O–H groups in total. The minimum absolute atomic E-state index is 0.0841. The molecule has 1 aromatic rings. The Kier molecular flexibility index (Phi) is 3.93. The van der Waals surface area contributed by atoms with Gasteiger partial charge in [-0.3, -0.25) is 10.1 Å². The molecule has 1 aliphatic heterocycles. The molecule has 1 heterocycles. The van der Waals surface area contributed by atoms with Gasteiger partial charge in [0, 0.05) is 24.3 Å². The second-order valence-electron chi connectivity index (χ2n) is 4.96. The molecule has 5 heteroatoms. The number of hydrogen-bond acceptors (Lipinski definition) is 4. The first kappa shape index (κ1) is 13.0. The number of hydrogen-bond donors (Lipinski definition) is 1. The van der Waals surface area contributed by atoms with Crippen LogP contribution < -0.4 is 5.32 Å². The van der Waals surface area contributed by atoms with Crippen molar-refractivity contribution in [1.82, 2.24) is 5.32 Å². The van der Waals surface area contributed by atoms with Crippen molar-refractivity contribution in [2.24, 2.45) is 0 Å². The van der Waals surface area contributed by atoms with E-state index in [4.69, 9.17) is 4.74 Å². The van der Waals surface area contributed by atoms with E-state index in [9.17, 15) is 10.1 Å². The van der Waals surface area contributed by atoms with E-state index in [-0.39, 0.29) is 16.1 Å². The zero-order valence-electron chi connectivity index (χ0n) is 10.5. The summed E-state index contributed by atoms with van der Waals surface area (Å²) in [6.45, 7) is 4.60. The lowest BCUT2D eigenvalue weighted by molar-refractivity contribution is -0.384. The number of rotatable bonds is 5. The topological polar surface area (TPSA) is 64.4 Å². The number of nitro groups is 1. The zero-order valence-corrected chi connectivity index (χ0v) is 10.5. The predicted octanol–water partition coefficient (Wildman–Crippen LogP) is 1.91. The second-order valence-corrected chi connectivity index (χ2v) is 4.96. The van der Waals surface area contributed by atoms with Crippen LogP contribution in [0.25, 0.3) is 0 Å². The lowest BCUT2D eigenvalue weighted by atomic mass is 10.0. The van der Waals surface area contributed by atoms with Crippen LogP contribution >= 0.6 is 0 Å². The quantitative estimate of drug-likeness (QED) is 0.640. The van der Waals surface area contributed by atoms with Crippen molar-refractivity contribution in [2.75, 3.05) is 19.8 Å². The summed E-state index contributed by atoms with van der Waals surface area (Å²) in [7, 11) is 0. The van der Waals surface area contributed by atoms with Gasteiger partial charge in [0.05, 0.1) is 11.5 Å². The molecule has 1 saturated heterocycles. The van der Waals surface area contributed by atoms with Crippen molar-refractivity contribution in [1.29, 1.82) is 0 Å². The average molecular weight is 250 g/mol. The molecule has 98 valence electrons. The molecular formula is C13H18N2O3. The molecule has 0 aliphatic carbocycles. The fraction of sp³-hybridized carbons (Fsp3) is 0.538. The van der Waals surface area contributed by atoms with Crippen molar-refractivity contribution in [3.63, 3.8) is 0 Å². The number of benzene rings is 1. The molecule has 1 aliphatic rings. The van der Waals surface area contributed by atoms with Crippen molar-refractivity contribution < 1.29 is 9.66 Å². The first-order valence-corrected chi connectivity index (χ1v) is 6.15. The van der Waals surface area contributed by atoms with E-state index in [1.807, 2.05) is 12.1 Å². The van der Waals surface area contributed by atoms with Crippen LogP contribution in [-0.4, -0.2) is 30.2 Å². The van der Waals surface area contributed by atoms with E-state index in [0.29, 0.717) is 0 Å². The van der Waals surface area contributed by atoms with Crippen LogP contribution in [-0.2, 0) is 11.2 Å². The molecule has 0 amide bonds. The molecule has 0 radical (unpaired) electrons. The van der Waals surface area contributed by atoms with E-state index < -0.39 is 0 Å². The molecule has 1 fully saturated rings. The molecule has 0 saturated carbocycles. The smallest absolute Gasteiger partial charge is 0.269 e. The van der Waals surface area contributed by atoms with E-state index >= 15 is 0 Å². The Hall–Kier alpha value is -1.46. The van der Waals surface area contributed by atoms with Crippen LogP contribution in [0.3, 0.4) is 0 Å². The lowest BCUT2D eigenvalue weighted by Crippen LogP contribution is -2.43. The Bertz CT molecular complexity index is 411. The number of nitro benzene ring substituents is 1. The highest BCUT2D eigenvalue weighted by Gasteiger charge is 2.28. The second kappa shape index (κ2) is 5.46. The molecule has 2 rings (SSSR count). The van der Waals surface area contributed by atoms with Crippen LogP contribution in [0, 0.1) is 10.1 Å². The summed E-state index contributed by atoms with van der Waals surface area (Å²) in [6, 6.07) is 6.73. The molecule has 1 atom stereocenters. The Labute approximate surface area is 106 Å². The maximum Gasteiger partial charge on any atom is 0.269 e. The Morgan fingerprint density at radius 3 is 2.72 bits per heavy atom. The minimum Gasteiger partial charge on any atom is -0.379 e. The van der Waals surface area contributed by atoms with E-state index in [1.165, 1.54) is 0 Å². The summed E-state index contributed by atoms with van der Waals surface area (Å²) >= 11 is 0. The normalized spacial score (nSPS) is 23.2. The maximum absolute atomic E-state index is 10.5. The van der Waals surface area contributed by atoms with Crippen molar-refractivity contribution in [3.05, 3.63) is 39.9 Å². The fourth-order valence-corrected chi connectivity index (χ4v) is 2.10. The first-order chi connectivity index (χ1) is 8.59. The number of nitrogens with zero attached hydrogens (tertiary/aromatic N) is 1. The van der Waals surface area contributed by atoms with Crippen LogP contribution in [0.1, 0.15) is 18.9 Å². The highest BCUT2D eigenvalue weighted by molar-refractivity contribution is 5.32. The average Bonchev–Trinajstić information content (AvgIpc) is 2.77. The van der Waals surface area contributed by atoms with E-state index in [1.54, 1.807) is 12.1 Å². The van der Waals surface area contributed by atoms with E-state index in [2.05, 4.69) is 12.2 Å². The van der Waals surface area contributed by atoms with Crippen LogP contribution in [0.2, 0.25) is 0 Å². The van der Waals surface area contributed by atoms with Gasteiger partial charge in [-0.15, -0.1) is 0 Å². The molecule has 1 aromatic carbocycles. The van der Waals surface area contributed by atoms with Gasteiger partial charge in [0.15, 0.2) is 0 Å². The third-order valence-corrected chi connectivity index (χ3v) is 3.33. The number of non-ortho nitro benzene ring substituents is 1. The summed E-state index contributed by atoms with van der Waals surface area (Å²) < 4.78 is 5.37. The Balaban J connectivity index is 1.81. The molecule has 0 bridgehead atoms. The number of ether oxygens (including phenoxy) is 1. The highest BCUT2D eigenvalue weighted by atomic mass is 16.6. The molecule has 5 nitrogen and oxygen atoms in total. The zero-order chi connectivity index (χ0) is 13.0.